The van der Waals surface area contributed by atoms with Crippen molar-refractivity contribution in [3.05, 3.63) is 0 Å². The summed E-state index contributed by atoms with van der Waals surface area (Å²) in [6, 6.07) is 0.532. The molecule has 0 radical (unpaired) electrons. The van der Waals surface area contributed by atoms with Crippen LogP contribution in [0.1, 0.15) is 32.1 Å². The summed E-state index contributed by atoms with van der Waals surface area (Å²) in [6.07, 6.45) is 6.11. The molecule has 1 unspecified atom stereocenters. The average molecular weight is 213 g/mol. The molecule has 0 aromatic carbocycles. The lowest BCUT2D eigenvalue weighted by Gasteiger charge is -2.25. The van der Waals surface area contributed by atoms with E-state index < -0.39 is 0 Å². The summed E-state index contributed by atoms with van der Waals surface area (Å²) >= 11 is 0. The van der Waals surface area contributed by atoms with Crippen molar-refractivity contribution < 1.29 is 4.79 Å². The monoisotopic (exact) mass is 213 g/mol. The predicted molar refractivity (Wildman–Crippen MR) is 61.5 cm³/mol. The Morgan fingerprint density at radius 1 is 1.53 bits per heavy atom. The zero-order valence-electron chi connectivity index (χ0n) is 9.83. The summed E-state index contributed by atoms with van der Waals surface area (Å²) in [6.45, 7) is 0.944. The second-order valence-electron chi connectivity index (χ2n) is 4.45. The van der Waals surface area contributed by atoms with Crippen LogP contribution < -0.4 is 11.1 Å². The highest BCUT2D eigenvalue weighted by atomic mass is 16.1. The number of nitrogens with one attached hydrogen (secondary N) is 1. The van der Waals surface area contributed by atoms with Crippen molar-refractivity contribution in [2.75, 3.05) is 20.6 Å². The van der Waals surface area contributed by atoms with Gasteiger partial charge in [-0.3, -0.25) is 4.79 Å². The zero-order valence-corrected chi connectivity index (χ0v) is 9.83. The number of hydrogen-bond donors (Lipinski definition) is 2. The lowest BCUT2D eigenvalue weighted by molar-refractivity contribution is -0.120. The quantitative estimate of drug-likeness (QED) is 0.668. The standard InChI is InChI=1S/C11H23N3O/c1-13-10(11(12)15)7-8-14(2)9-5-3-4-6-9/h9-10,13H,3-8H2,1-2H3,(H2,12,15). The molecule has 1 atom stereocenters. The Balaban J connectivity index is 2.25. The Labute approximate surface area is 92.2 Å². The van der Waals surface area contributed by atoms with Gasteiger partial charge in [0.15, 0.2) is 0 Å². The van der Waals surface area contributed by atoms with Gasteiger partial charge in [-0.25, -0.2) is 0 Å². The molecule has 0 aliphatic heterocycles. The lowest BCUT2D eigenvalue weighted by atomic mass is 10.1. The summed E-state index contributed by atoms with van der Waals surface area (Å²) in [5.41, 5.74) is 5.27. The summed E-state index contributed by atoms with van der Waals surface area (Å²) in [5.74, 6) is -0.252. The van der Waals surface area contributed by atoms with Crippen LogP contribution in [0, 0.1) is 0 Å². The third-order valence-corrected chi connectivity index (χ3v) is 3.41. The van der Waals surface area contributed by atoms with Gasteiger partial charge in [0.05, 0.1) is 6.04 Å². The second-order valence-corrected chi connectivity index (χ2v) is 4.45. The smallest absolute Gasteiger partial charge is 0.234 e. The van der Waals surface area contributed by atoms with Gasteiger partial charge in [0, 0.05) is 12.6 Å². The molecule has 1 fully saturated rings. The summed E-state index contributed by atoms with van der Waals surface area (Å²) < 4.78 is 0. The van der Waals surface area contributed by atoms with Crippen molar-refractivity contribution in [3.63, 3.8) is 0 Å². The summed E-state index contributed by atoms with van der Waals surface area (Å²) in [7, 11) is 3.93. The van der Waals surface area contributed by atoms with Gasteiger partial charge in [0.25, 0.3) is 0 Å². The van der Waals surface area contributed by atoms with Gasteiger partial charge in [-0.2, -0.15) is 0 Å². The van der Waals surface area contributed by atoms with Gasteiger partial charge in [-0.05, 0) is 33.4 Å². The predicted octanol–water partition coefficient (Wildman–Crippen LogP) is 0.324. The van der Waals surface area contributed by atoms with Crippen LogP contribution in [0.15, 0.2) is 0 Å². The highest BCUT2D eigenvalue weighted by molar-refractivity contribution is 5.79. The number of carbonyl (C=O) groups is 1. The molecule has 1 rings (SSSR count). The molecule has 0 aromatic rings. The first-order chi connectivity index (χ1) is 7.15. The molecule has 4 nitrogen and oxygen atoms in total. The molecule has 0 spiro atoms. The highest BCUT2D eigenvalue weighted by Crippen LogP contribution is 2.22. The fraction of sp³-hybridized carbons (Fsp3) is 0.909. The minimum absolute atomic E-state index is 0.186. The first-order valence-electron chi connectivity index (χ1n) is 5.82. The van der Waals surface area contributed by atoms with Crippen LogP contribution in [0.2, 0.25) is 0 Å². The average Bonchev–Trinajstić information content (AvgIpc) is 2.70. The molecule has 15 heavy (non-hydrogen) atoms. The topological polar surface area (TPSA) is 58.4 Å². The Bertz CT molecular complexity index is 202. The number of hydrogen-bond acceptors (Lipinski definition) is 3. The molecule has 0 saturated heterocycles. The molecule has 1 aliphatic rings. The van der Waals surface area contributed by atoms with E-state index in [4.69, 9.17) is 5.73 Å². The van der Waals surface area contributed by atoms with E-state index in [-0.39, 0.29) is 11.9 Å². The van der Waals surface area contributed by atoms with E-state index in [1.54, 1.807) is 7.05 Å². The van der Waals surface area contributed by atoms with E-state index >= 15 is 0 Å². The third kappa shape index (κ3) is 3.80. The first-order valence-corrected chi connectivity index (χ1v) is 5.82. The SMILES string of the molecule is CNC(CCN(C)C1CCCC1)C(N)=O. The number of primary amides is 1. The van der Waals surface area contributed by atoms with E-state index in [1.165, 1.54) is 25.7 Å². The molecular formula is C11H23N3O. The number of amides is 1. The van der Waals surface area contributed by atoms with Gasteiger partial charge < -0.3 is 16.0 Å². The maximum absolute atomic E-state index is 11.0. The third-order valence-electron chi connectivity index (χ3n) is 3.41. The Kier molecular flexibility index (Phi) is 5.05. The molecule has 1 aliphatic carbocycles. The maximum atomic E-state index is 11.0. The highest BCUT2D eigenvalue weighted by Gasteiger charge is 2.21. The minimum atomic E-state index is -0.252. The van der Waals surface area contributed by atoms with E-state index in [0.717, 1.165) is 19.0 Å². The fourth-order valence-corrected chi connectivity index (χ4v) is 2.29. The molecular weight excluding hydrogens is 190 g/mol. The molecule has 0 aromatic heterocycles. The molecule has 1 amide bonds. The Morgan fingerprint density at radius 2 is 2.13 bits per heavy atom. The van der Waals surface area contributed by atoms with E-state index in [1.807, 2.05) is 0 Å². The number of nitrogens with zero attached hydrogens (tertiary/aromatic N) is 1. The number of nitrogens with two attached hydrogens (primary N) is 1. The van der Waals surface area contributed by atoms with Crippen LogP contribution in [-0.4, -0.2) is 43.5 Å². The van der Waals surface area contributed by atoms with Gasteiger partial charge in [0.1, 0.15) is 0 Å². The largest absolute Gasteiger partial charge is 0.368 e. The van der Waals surface area contributed by atoms with Crippen molar-refractivity contribution >= 4 is 5.91 Å². The summed E-state index contributed by atoms with van der Waals surface area (Å²) in [4.78, 5) is 13.4. The van der Waals surface area contributed by atoms with E-state index in [0.29, 0.717) is 0 Å². The van der Waals surface area contributed by atoms with Gasteiger partial charge in [0.2, 0.25) is 5.91 Å². The molecule has 3 N–H and O–H groups in total. The number of carbonyl (C=O) groups excluding carboxylic acids is 1. The van der Waals surface area contributed by atoms with Crippen LogP contribution in [0.5, 0.6) is 0 Å². The maximum Gasteiger partial charge on any atom is 0.234 e. The normalized spacial score (nSPS) is 19.7. The fourth-order valence-electron chi connectivity index (χ4n) is 2.29. The number of rotatable bonds is 6. The minimum Gasteiger partial charge on any atom is -0.368 e. The first kappa shape index (κ1) is 12.5. The summed E-state index contributed by atoms with van der Waals surface area (Å²) in [5, 5.41) is 2.95. The van der Waals surface area contributed by atoms with Crippen LogP contribution in [0.3, 0.4) is 0 Å². The van der Waals surface area contributed by atoms with Crippen LogP contribution in [-0.2, 0) is 4.79 Å². The molecule has 0 heterocycles. The van der Waals surface area contributed by atoms with Gasteiger partial charge in [-0.15, -0.1) is 0 Å². The Morgan fingerprint density at radius 3 is 2.60 bits per heavy atom. The van der Waals surface area contributed by atoms with Crippen molar-refractivity contribution in [1.82, 2.24) is 10.2 Å². The van der Waals surface area contributed by atoms with Crippen molar-refractivity contribution in [3.8, 4) is 0 Å². The van der Waals surface area contributed by atoms with Crippen LogP contribution >= 0.6 is 0 Å². The molecule has 1 saturated carbocycles. The molecule has 88 valence electrons. The molecule has 0 bridgehead atoms. The van der Waals surface area contributed by atoms with Crippen LogP contribution in [0.25, 0.3) is 0 Å². The van der Waals surface area contributed by atoms with Crippen molar-refractivity contribution in [1.29, 1.82) is 0 Å². The zero-order chi connectivity index (χ0) is 11.3. The van der Waals surface area contributed by atoms with Crippen molar-refractivity contribution in [2.45, 2.75) is 44.2 Å². The lowest BCUT2D eigenvalue weighted by Crippen LogP contribution is -2.42. The second kappa shape index (κ2) is 6.08. The van der Waals surface area contributed by atoms with Gasteiger partial charge in [-0.1, -0.05) is 12.8 Å². The molecule has 4 heteroatoms. The number of likely N-dealkylation sites (N-methyl/N-ethyl adjacent to an activating group) is 1. The van der Waals surface area contributed by atoms with E-state index in [2.05, 4.69) is 17.3 Å². The van der Waals surface area contributed by atoms with Gasteiger partial charge >= 0.3 is 0 Å². The van der Waals surface area contributed by atoms with Crippen molar-refractivity contribution in [2.24, 2.45) is 5.73 Å². The van der Waals surface area contributed by atoms with E-state index in [9.17, 15) is 4.79 Å². The van der Waals surface area contributed by atoms with Crippen LogP contribution in [0.4, 0.5) is 0 Å². The Hall–Kier alpha value is -0.610.